The molecule has 0 radical (unpaired) electrons. The van der Waals surface area contributed by atoms with Crippen LogP contribution in [0.1, 0.15) is 0 Å². The van der Waals surface area contributed by atoms with Crippen LogP contribution in [0.25, 0.3) is 0 Å². The fourth-order valence-corrected chi connectivity index (χ4v) is 3.06. The topological polar surface area (TPSA) is 58.9 Å². The molecule has 2 aromatic rings. The van der Waals surface area contributed by atoms with E-state index in [1.807, 2.05) is 0 Å². The second-order valence-electron chi connectivity index (χ2n) is 4.05. The zero-order chi connectivity index (χ0) is 13.3. The highest BCUT2D eigenvalue weighted by Crippen LogP contribution is 2.25. The zero-order valence-electron chi connectivity index (χ0n) is 9.89. The molecule has 4 bridgehead atoms. The maximum absolute atomic E-state index is 12.4. The molecule has 4 heterocycles. The van der Waals surface area contributed by atoms with Crippen LogP contribution in [-0.4, -0.2) is 20.8 Å². The van der Waals surface area contributed by atoms with E-state index in [-0.39, 0.29) is 9.79 Å². The summed E-state index contributed by atoms with van der Waals surface area (Å²) >= 11 is 0. The van der Waals surface area contributed by atoms with Gasteiger partial charge in [-0.25, -0.2) is 8.42 Å². The first-order valence-corrected chi connectivity index (χ1v) is 7.16. The first kappa shape index (κ1) is 11.8. The van der Waals surface area contributed by atoms with Crippen molar-refractivity contribution >= 4 is 33.6 Å². The molecule has 2 aromatic carbocycles. The maximum Gasteiger partial charge on any atom is 0.206 e. The van der Waals surface area contributed by atoms with Gasteiger partial charge >= 0.3 is 0 Å². The van der Waals surface area contributed by atoms with E-state index in [1.54, 1.807) is 61.0 Å². The summed E-state index contributed by atoms with van der Waals surface area (Å²) in [5.74, 6) is 0. The molecule has 6 rings (SSSR count). The zero-order valence-corrected chi connectivity index (χ0v) is 10.7. The quantitative estimate of drug-likeness (QED) is 0.739. The number of rotatable bonds is 0. The third-order valence-corrected chi connectivity index (χ3v) is 4.59. The van der Waals surface area contributed by atoms with Crippen molar-refractivity contribution in [1.29, 1.82) is 0 Å². The van der Waals surface area contributed by atoms with Crippen molar-refractivity contribution in [1.82, 2.24) is 0 Å². The van der Waals surface area contributed by atoms with Crippen LogP contribution < -0.4 is 0 Å². The SMILES string of the molecule is O=S1(=O)c2ccc(cc2)N=CC=Nc2ccc1cc2. The van der Waals surface area contributed by atoms with E-state index < -0.39 is 9.84 Å². The fourth-order valence-electron chi connectivity index (χ4n) is 1.80. The predicted octanol–water partition coefficient (Wildman–Crippen LogP) is 2.94. The maximum atomic E-state index is 12.4. The Bertz CT molecular complexity index is 697. The van der Waals surface area contributed by atoms with Crippen LogP contribution in [0.3, 0.4) is 0 Å². The first-order chi connectivity index (χ1) is 9.16. The fraction of sp³-hybridized carbons (Fsp3) is 0. The summed E-state index contributed by atoms with van der Waals surface area (Å²) in [5, 5.41) is 0. The lowest BCUT2D eigenvalue weighted by atomic mass is 10.3. The molecule has 0 amide bonds. The average molecular weight is 270 g/mol. The van der Waals surface area contributed by atoms with E-state index in [0.717, 1.165) is 0 Å². The van der Waals surface area contributed by atoms with Crippen molar-refractivity contribution in [3.8, 4) is 0 Å². The van der Waals surface area contributed by atoms with Gasteiger partial charge in [0.2, 0.25) is 9.84 Å². The van der Waals surface area contributed by atoms with Crippen LogP contribution in [0.5, 0.6) is 0 Å². The highest BCUT2D eigenvalue weighted by Gasteiger charge is 2.17. The molecule has 0 aromatic heterocycles. The molecule has 4 aliphatic heterocycles. The van der Waals surface area contributed by atoms with Crippen molar-refractivity contribution in [3.63, 3.8) is 0 Å². The number of hydrogen-bond acceptors (Lipinski definition) is 4. The molecule has 19 heavy (non-hydrogen) atoms. The van der Waals surface area contributed by atoms with Crippen LogP contribution in [0, 0.1) is 0 Å². The summed E-state index contributed by atoms with van der Waals surface area (Å²) < 4.78 is 24.7. The third kappa shape index (κ3) is 2.20. The van der Waals surface area contributed by atoms with Gasteiger partial charge in [-0.15, -0.1) is 0 Å². The molecule has 0 saturated heterocycles. The second kappa shape index (κ2) is 4.44. The molecule has 4 nitrogen and oxygen atoms in total. The van der Waals surface area contributed by atoms with Gasteiger partial charge in [0.05, 0.1) is 21.2 Å². The molecular weight excluding hydrogens is 260 g/mol. The lowest BCUT2D eigenvalue weighted by Gasteiger charge is -2.04. The largest absolute Gasteiger partial charge is 0.255 e. The van der Waals surface area contributed by atoms with Gasteiger partial charge in [-0.2, -0.15) is 0 Å². The molecule has 0 aliphatic carbocycles. The van der Waals surface area contributed by atoms with E-state index >= 15 is 0 Å². The van der Waals surface area contributed by atoms with Gasteiger partial charge in [0.25, 0.3) is 0 Å². The molecule has 0 spiro atoms. The standard InChI is InChI=1S/C14H10N2O2S/c17-19(18)13-5-1-11(2-6-13)15-9-10-16-12-3-7-14(19)8-4-12/h1-10H. The normalized spacial score (nSPS) is 15.8. The lowest BCUT2D eigenvalue weighted by Crippen LogP contribution is -2.01. The van der Waals surface area contributed by atoms with E-state index in [2.05, 4.69) is 9.98 Å². The summed E-state index contributed by atoms with van der Waals surface area (Å²) in [6.07, 6.45) is 3.16. The second-order valence-corrected chi connectivity index (χ2v) is 6.00. The Balaban J connectivity index is 2.28. The smallest absolute Gasteiger partial charge is 0.206 e. The number of aliphatic imine (C=N–C) groups is 2. The van der Waals surface area contributed by atoms with Gasteiger partial charge < -0.3 is 0 Å². The minimum absolute atomic E-state index is 0.263. The minimum atomic E-state index is -3.47. The van der Waals surface area contributed by atoms with Crippen molar-refractivity contribution in [2.45, 2.75) is 9.79 Å². The van der Waals surface area contributed by atoms with Crippen LogP contribution >= 0.6 is 0 Å². The van der Waals surface area contributed by atoms with Gasteiger partial charge in [-0.05, 0) is 48.5 Å². The number of benzene rings is 2. The first-order valence-electron chi connectivity index (χ1n) is 5.68. The van der Waals surface area contributed by atoms with E-state index in [9.17, 15) is 8.42 Å². The molecule has 0 N–H and O–H groups in total. The van der Waals surface area contributed by atoms with Gasteiger partial charge in [0.1, 0.15) is 0 Å². The lowest BCUT2D eigenvalue weighted by molar-refractivity contribution is 0.596. The Hall–Kier alpha value is -2.27. The van der Waals surface area contributed by atoms with Gasteiger partial charge in [0, 0.05) is 12.4 Å². The summed E-state index contributed by atoms with van der Waals surface area (Å²) in [4.78, 5) is 8.86. The Kier molecular flexibility index (Phi) is 2.76. The summed E-state index contributed by atoms with van der Waals surface area (Å²) in [6, 6.07) is 12.9. The van der Waals surface area contributed by atoms with Crippen LogP contribution in [0.4, 0.5) is 11.4 Å². The van der Waals surface area contributed by atoms with Crippen molar-refractivity contribution in [2.75, 3.05) is 0 Å². The Morgan fingerprint density at radius 3 is 1.37 bits per heavy atom. The third-order valence-electron chi connectivity index (χ3n) is 2.81. The predicted molar refractivity (Wildman–Crippen MR) is 74.6 cm³/mol. The Labute approximate surface area is 111 Å². The van der Waals surface area contributed by atoms with Crippen LogP contribution in [-0.2, 0) is 9.84 Å². The molecule has 0 unspecified atom stereocenters. The van der Waals surface area contributed by atoms with Gasteiger partial charge in [0.15, 0.2) is 0 Å². The van der Waals surface area contributed by atoms with E-state index in [4.69, 9.17) is 0 Å². The summed E-state index contributed by atoms with van der Waals surface area (Å²) in [7, 11) is -3.47. The highest BCUT2D eigenvalue weighted by molar-refractivity contribution is 7.91. The van der Waals surface area contributed by atoms with E-state index in [0.29, 0.717) is 11.4 Å². The number of nitrogens with zero attached hydrogens (tertiary/aromatic N) is 2. The molecule has 5 heteroatoms. The van der Waals surface area contributed by atoms with Crippen molar-refractivity contribution in [2.24, 2.45) is 9.98 Å². The molecule has 4 aliphatic rings. The van der Waals surface area contributed by atoms with Crippen LogP contribution in [0.2, 0.25) is 0 Å². The molecule has 94 valence electrons. The number of hydrogen-bond donors (Lipinski definition) is 0. The summed E-state index contributed by atoms with van der Waals surface area (Å²) in [6.45, 7) is 0. The molecule has 0 atom stereocenters. The highest BCUT2D eigenvalue weighted by atomic mass is 32.2. The molecular formula is C14H10N2O2S. The van der Waals surface area contributed by atoms with Crippen LogP contribution in [0.15, 0.2) is 68.3 Å². The Morgan fingerprint density at radius 2 is 1.00 bits per heavy atom. The van der Waals surface area contributed by atoms with E-state index in [1.165, 1.54) is 0 Å². The van der Waals surface area contributed by atoms with Crippen molar-refractivity contribution < 1.29 is 8.42 Å². The van der Waals surface area contributed by atoms with Gasteiger partial charge in [-0.1, -0.05) is 0 Å². The summed E-state index contributed by atoms with van der Waals surface area (Å²) in [5.41, 5.74) is 1.38. The minimum Gasteiger partial charge on any atom is -0.255 e. The monoisotopic (exact) mass is 270 g/mol. The average Bonchev–Trinajstić information content (AvgIpc) is 2.46. The number of sulfone groups is 1. The molecule has 0 saturated carbocycles. The molecule has 0 fully saturated rings. The van der Waals surface area contributed by atoms with Gasteiger partial charge in [-0.3, -0.25) is 9.98 Å². The van der Waals surface area contributed by atoms with Crippen molar-refractivity contribution in [3.05, 3.63) is 48.5 Å². The Morgan fingerprint density at radius 1 is 0.632 bits per heavy atom.